The summed E-state index contributed by atoms with van der Waals surface area (Å²) in [6.07, 6.45) is 0. The van der Waals surface area contributed by atoms with Crippen molar-refractivity contribution in [1.82, 2.24) is 0 Å². The van der Waals surface area contributed by atoms with Gasteiger partial charge in [-0.1, -0.05) is 5.16 Å². The number of hydrogen-bond acceptors (Lipinski definition) is 5. The van der Waals surface area contributed by atoms with E-state index in [-0.39, 0.29) is 6.61 Å². The van der Waals surface area contributed by atoms with Crippen LogP contribution >= 0.6 is 0 Å². The van der Waals surface area contributed by atoms with E-state index in [0.717, 1.165) is 0 Å². The zero-order valence-corrected chi connectivity index (χ0v) is 11.1. The van der Waals surface area contributed by atoms with Crippen LogP contribution in [-0.2, 0) is 0 Å². The van der Waals surface area contributed by atoms with E-state index in [2.05, 4.69) is 5.16 Å². The Morgan fingerprint density at radius 1 is 1.39 bits per heavy atom. The lowest BCUT2D eigenvalue weighted by Gasteiger charge is -2.19. The van der Waals surface area contributed by atoms with Crippen LogP contribution in [0, 0.1) is 0 Å². The first-order chi connectivity index (χ1) is 8.37. The van der Waals surface area contributed by atoms with Crippen LogP contribution in [0.4, 0.5) is 0 Å². The molecule has 0 saturated heterocycles. The minimum Gasteiger partial charge on any atom is -0.497 e. The van der Waals surface area contributed by atoms with Crippen LogP contribution in [-0.4, -0.2) is 35.3 Å². The largest absolute Gasteiger partial charge is 0.497 e. The second-order valence-corrected chi connectivity index (χ2v) is 4.65. The molecule has 0 unspecified atom stereocenters. The van der Waals surface area contributed by atoms with Gasteiger partial charge in [0.2, 0.25) is 0 Å². The number of oxime groups is 1. The van der Waals surface area contributed by atoms with E-state index >= 15 is 0 Å². The Morgan fingerprint density at radius 3 is 2.56 bits per heavy atom. The molecule has 2 N–H and O–H groups in total. The van der Waals surface area contributed by atoms with Crippen LogP contribution in [0.15, 0.2) is 23.4 Å². The first-order valence-corrected chi connectivity index (χ1v) is 5.59. The molecule has 0 amide bonds. The number of hydrogen-bond donors (Lipinski definition) is 2. The Morgan fingerprint density at radius 2 is 2.06 bits per heavy atom. The maximum Gasteiger partial charge on any atom is 0.132 e. The third-order valence-corrected chi connectivity index (χ3v) is 2.31. The Balaban J connectivity index is 3.04. The molecule has 1 aromatic rings. The maximum atomic E-state index is 9.66. The van der Waals surface area contributed by atoms with Gasteiger partial charge in [-0.25, -0.2) is 0 Å². The summed E-state index contributed by atoms with van der Waals surface area (Å²) < 4.78 is 10.7. The Hall–Kier alpha value is -1.75. The van der Waals surface area contributed by atoms with Gasteiger partial charge in [-0.05, 0) is 32.9 Å². The van der Waals surface area contributed by atoms with Crippen molar-refractivity contribution in [3.05, 3.63) is 23.8 Å². The molecule has 0 saturated carbocycles. The van der Waals surface area contributed by atoms with Gasteiger partial charge < -0.3 is 19.8 Å². The van der Waals surface area contributed by atoms with E-state index in [0.29, 0.717) is 22.8 Å². The number of benzene rings is 1. The van der Waals surface area contributed by atoms with Crippen LogP contribution in [0.5, 0.6) is 11.5 Å². The zero-order valence-electron chi connectivity index (χ0n) is 11.1. The minimum absolute atomic E-state index is 0.131. The lowest BCUT2D eigenvalue weighted by Crippen LogP contribution is -2.28. The minimum atomic E-state index is -0.940. The summed E-state index contributed by atoms with van der Waals surface area (Å²) in [5.74, 6) is 1.14. The summed E-state index contributed by atoms with van der Waals surface area (Å²) in [5, 5.41) is 21.6. The quantitative estimate of drug-likeness (QED) is 0.478. The highest BCUT2D eigenvalue weighted by Gasteiger charge is 2.16. The zero-order chi connectivity index (χ0) is 13.8. The number of aliphatic hydroxyl groups is 1. The highest BCUT2D eigenvalue weighted by molar-refractivity contribution is 6.00. The maximum absolute atomic E-state index is 9.66. The molecule has 0 bridgehead atoms. The predicted molar refractivity (Wildman–Crippen MR) is 68.8 cm³/mol. The third kappa shape index (κ3) is 3.92. The number of nitrogens with zero attached hydrogens (tertiary/aromatic N) is 1. The Labute approximate surface area is 107 Å². The highest BCUT2D eigenvalue weighted by atomic mass is 16.5. The van der Waals surface area contributed by atoms with Gasteiger partial charge in [-0.3, -0.25) is 0 Å². The highest BCUT2D eigenvalue weighted by Crippen LogP contribution is 2.26. The normalized spacial score (nSPS) is 12.4. The second-order valence-electron chi connectivity index (χ2n) is 4.65. The summed E-state index contributed by atoms with van der Waals surface area (Å²) in [6.45, 7) is 5.10. The molecule has 5 heteroatoms. The van der Waals surface area contributed by atoms with E-state index in [1.165, 1.54) is 0 Å². The van der Waals surface area contributed by atoms with Gasteiger partial charge in [0.05, 0.1) is 18.4 Å². The van der Waals surface area contributed by atoms with E-state index in [9.17, 15) is 5.11 Å². The van der Waals surface area contributed by atoms with Gasteiger partial charge in [-0.2, -0.15) is 0 Å². The molecule has 0 aromatic heterocycles. The molecule has 0 heterocycles. The summed E-state index contributed by atoms with van der Waals surface area (Å²) >= 11 is 0. The van der Waals surface area contributed by atoms with Gasteiger partial charge >= 0.3 is 0 Å². The number of rotatable bonds is 5. The first kappa shape index (κ1) is 14.3. The van der Waals surface area contributed by atoms with Gasteiger partial charge in [-0.15, -0.1) is 0 Å². The van der Waals surface area contributed by atoms with Gasteiger partial charge in [0.1, 0.15) is 18.1 Å². The van der Waals surface area contributed by atoms with Crippen molar-refractivity contribution in [2.24, 2.45) is 5.16 Å². The lowest BCUT2D eigenvalue weighted by atomic mass is 10.1. The van der Waals surface area contributed by atoms with Crippen molar-refractivity contribution in [3.8, 4) is 11.5 Å². The van der Waals surface area contributed by atoms with Crippen molar-refractivity contribution < 1.29 is 19.8 Å². The fraction of sp³-hybridized carbons (Fsp3) is 0.462. The summed E-state index contributed by atoms with van der Waals surface area (Å²) in [6, 6.07) is 5.18. The second kappa shape index (κ2) is 5.73. The van der Waals surface area contributed by atoms with E-state index < -0.39 is 5.60 Å². The standard InChI is InChI=1S/C13H19NO4/c1-9(14-16)11-6-5-10(17-4)7-12(11)18-8-13(2,3)15/h5-7,15-16H,8H2,1-4H3/b14-9+. The van der Waals surface area contributed by atoms with Crippen molar-refractivity contribution >= 4 is 5.71 Å². The van der Waals surface area contributed by atoms with Gasteiger partial charge in [0, 0.05) is 11.6 Å². The molecule has 0 aliphatic heterocycles. The molecule has 0 aliphatic rings. The Bertz CT molecular complexity index is 435. The van der Waals surface area contributed by atoms with Gasteiger partial charge in [0.25, 0.3) is 0 Å². The van der Waals surface area contributed by atoms with Gasteiger partial charge in [0.15, 0.2) is 0 Å². The molecule has 0 spiro atoms. The van der Waals surface area contributed by atoms with E-state index in [1.54, 1.807) is 46.1 Å². The molecule has 0 fully saturated rings. The van der Waals surface area contributed by atoms with Crippen molar-refractivity contribution in [3.63, 3.8) is 0 Å². The van der Waals surface area contributed by atoms with Crippen LogP contribution in [0.3, 0.4) is 0 Å². The topological polar surface area (TPSA) is 71.3 Å². The molecular formula is C13H19NO4. The smallest absolute Gasteiger partial charge is 0.132 e. The predicted octanol–water partition coefficient (Wildman–Crippen LogP) is 2.04. The number of ether oxygens (including phenoxy) is 2. The van der Waals surface area contributed by atoms with E-state index in [1.807, 2.05) is 0 Å². The third-order valence-electron chi connectivity index (χ3n) is 2.31. The van der Waals surface area contributed by atoms with E-state index in [4.69, 9.17) is 14.7 Å². The lowest BCUT2D eigenvalue weighted by molar-refractivity contribution is 0.0283. The number of methoxy groups -OCH3 is 1. The summed E-state index contributed by atoms with van der Waals surface area (Å²) in [4.78, 5) is 0. The van der Waals surface area contributed by atoms with Crippen LogP contribution < -0.4 is 9.47 Å². The molecule has 0 atom stereocenters. The van der Waals surface area contributed by atoms with Crippen molar-refractivity contribution in [2.45, 2.75) is 26.4 Å². The first-order valence-electron chi connectivity index (χ1n) is 5.59. The molecule has 0 radical (unpaired) electrons. The van der Waals surface area contributed by atoms with Crippen molar-refractivity contribution in [2.75, 3.05) is 13.7 Å². The van der Waals surface area contributed by atoms with Crippen LogP contribution in [0.25, 0.3) is 0 Å². The molecular weight excluding hydrogens is 234 g/mol. The average molecular weight is 253 g/mol. The summed E-state index contributed by atoms with van der Waals surface area (Å²) in [5.41, 5.74) is 0.149. The fourth-order valence-corrected chi connectivity index (χ4v) is 1.36. The molecule has 18 heavy (non-hydrogen) atoms. The molecule has 0 aliphatic carbocycles. The monoisotopic (exact) mass is 253 g/mol. The molecule has 1 rings (SSSR count). The Kier molecular flexibility index (Phi) is 4.55. The van der Waals surface area contributed by atoms with Crippen LogP contribution in [0.2, 0.25) is 0 Å². The molecule has 5 nitrogen and oxygen atoms in total. The SMILES string of the molecule is COc1ccc(/C(C)=N/O)c(OCC(C)(C)O)c1. The van der Waals surface area contributed by atoms with Crippen molar-refractivity contribution in [1.29, 1.82) is 0 Å². The summed E-state index contributed by atoms with van der Waals surface area (Å²) in [7, 11) is 1.56. The van der Waals surface area contributed by atoms with Crippen LogP contribution in [0.1, 0.15) is 26.3 Å². The fourth-order valence-electron chi connectivity index (χ4n) is 1.36. The molecule has 100 valence electrons. The average Bonchev–Trinajstić information content (AvgIpc) is 2.34. The molecule has 1 aromatic carbocycles.